The molecule has 0 N–H and O–H groups in total. The number of aromatic nitrogens is 4. The van der Waals surface area contributed by atoms with E-state index in [0.29, 0.717) is 5.65 Å². The summed E-state index contributed by atoms with van der Waals surface area (Å²) in [6.45, 7) is 12.5. The van der Waals surface area contributed by atoms with Crippen LogP contribution in [0, 0.1) is 26.2 Å². The van der Waals surface area contributed by atoms with Crippen molar-refractivity contribution in [2.75, 3.05) is 6.54 Å². The summed E-state index contributed by atoms with van der Waals surface area (Å²) in [5, 5.41) is 7.81. The second-order valence-corrected chi connectivity index (χ2v) is 14.7. The molecule has 1 aliphatic carbocycles. The Morgan fingerprint density at radius 1 is 1.07 bits per heavy atom. The maximum absolute atomic E-state index is 14.0. The minimum atomic E-state index is -3.87. The molecular weight excluding hydrogens is 560 g/mol. The number of aryl methyl sites for hydroxylation is 3. The fraction of sp³-hybridized carbons (Fsp3) is 0.452. The lowest BCUT2D eigenvalue weighted by molar-refractivity contribution is 0.139. The van der Waals surface area contributed by atoms with E-state index in [4.69, 9.17) is 4.74 Å². The summed E-state index contributed by atoms with van der Waals surface area (Å²) in [5.74, 6) is -0.333. The molecule has 0 amide bonds. The highest BCUT2D eigenvalue weighted by Gasteiger charge is 2.52. The number of rotatable bonds is 5. The summed E-state index contributed by atoms with van der Waals surface area (Å²) in [7, 11) is -3.87. The first-order valence-electron chi connectivity index (χ1n) is 14.1. The van der Waals surface area contributed by atoms with Gasteiger partial charge in [0.25, 0.3) is 6.43 Å². The molecule has 42 heavy (non-hydrogen) atoms. The third kappa shape index (κ3) is 4.86. The Balaban J connectivity index is 1.42. The fourth-order valence-electron chi connectivity index (χ4n) is 6.07. The van der Waals surface area contributed by atoms with Gasteiger partial charge in [0.15, 0.2) is 5.65 Å². The zero-order valence-electron chi connectivity index (χ0n) is 24.6. The Morgan fingerprint density at radius 3 is 2.48 bits per heavy atom. The van der Waals surface area contributed by atoms with Gasteiger partial charge in [0, 0.05) is 24.9 Å². The molecule has 1 spiro atoms. The Labute approximate surface area is 244 Å². The quantitative estimate of drug-likeness (QED) is 0.270. The number of pyridine rings is 2. The van der Waals surface area contributed by atoms with Crippen molar-refractivity contribution in [1.29, 1.82) is 0 Å². The number of halogens is 2. The summed E-state index contributed by atoms with van der Waals surface area (Å²) < 4.78 is 64.0. The zero-order chi connectivity index (χ0) is 30.2. The van der Waals surface area contributed by atoms with Crippen LogP contribution < -0.4 is 4.74 Å². The van der Waals surface area contributed by atoms with E-state index in [0.717, 1.165) is 46.2 Å². The van der Waals surface area contributed by atoms with Gasteiger partial charge in [-0.1, -0.05) is 39.0 Å². The molecule has 1 aromatic carbocycles. The van der Waals surface area contributed by atoms with E-state index in [9.17, 15) is 17.2 Å². The fourth-order valence-corrected chi connectivity index (χ4v) is 7.71. The number of nitrogens with zero attached hydrogens (tertiary/aromatic N) is 5. The monoisotopic (exact) mass is 595 g/mol. The molecule has 8 nitrogen and oxygen atoms in total. The largest absolute Gasteiger partial charge is 0.469 e. The normalized spacial score (nSPS) is 18.6. The minimum Gasteiger partial charge on any atom is -0.469 e. The second-order valence-electron chi connectivity index (χ2n) is 12.8. The van der Waals surface area contributed by atoms with E-state index in [1.165, 1.54) is 8.71 Å². The number of hydrogen-bond donors (Lipinski definition) is 0. The molecule has 1 saturated carbocycles. The molecule has 1 atom stereocenters. The van der Waals surface area contributed by atoms with E-state index in [1.807, 2.05) is 32.9 Å². The van der Waals surface area contributed by atoms with E-state index >= 15 is 0 Å². The minimum absolute atomic E-state index is 0.105. The van der Waals surface area contributed by atoms with Crippen LogP contribution in [0.15, 0.2) is 47.6 Å². The second kappa shape index (κ2) is 9.80. The van der Waals surface area contributed by atoms with Crippen LogP contribution in [0.4, 0.5) is 8.78 Å². The maximum atomic E-state index is 14.0. The average Bonchev–Trinajstić information content (AvgIpc) is 3.53. The molecule has 1 aliphatic heterocycles. The van der Waals surface area contributed by atoms with E-state index < -0.39 is 22.0 Å². The molecular formula is C31H35F2N5O3S. The highest BCUT2D eigenvalue weighted by molar-refractivity contribution is 7.89. The van der Waals surface area contributed by atoms with E-state index in [2.05, 4.69) is 48.1 Å². The number of ether oxygens (including phenoxy) is 1. The van der Waals surface area contributed by atoms with Gasteiger partial charge in [-0.05, 0) is 84.5 Å². The van der Waals surface area contributed by atoms with Crippen molar-refractivity contribution in [2.45, 2.75) is 83.8 Å². The predicted octanol–water partition coefficient (Wildman–Crippen LogP) is 6.28. The molecule has 3 aromatic heterocycles. The smallest absolute Gasteiger partial charge is 0.297 e. The van der Waals surface area contributed by atoms with Crippen molar-refractivity contribution >= 4 is 15.7 Å². The molecule has 1 fully saturated rings. The molecule has 6 rings (SSSR count). The maximum Gasteiger partial charge on any atom is 0.297 e. The van der Waals surface area contributed by atoms with Crippen LogP contribution in [0.25, 0.3) is 5.65 Å². The molecule has 4 heterocycles. The first-order valence-corrected chi connectivity index (χ1v) is 15.5. The third-order valence-electron chi connectivity index (χ3n) is 8.48. The molecule has 2 aliphatic rings. The molecule has 0 bridgehead atoms. The van der Waals surface area contributed by atoms with Crippen molar-refractivity contribution in [2.24, 2.45) is 5.41 Å². The highest BCUT2D eigenvalue weighted by atomic mass is 32.2. The predicted molar refractivity (Wildman–Crippen MR) is 154 cm³/mol. The first kappa shape index (κ1) is 28.7. The summed E-state index contributed by atoms with van der Waals surface area (Å²) in [4.78, 5) is 4.43. The van der Waals surface area contributed by atoms with Crippen LogP contribution in [0.5, 0.6) is 5.88 Å². The van der Waals surface area contributed by atoms with E-state index in [-0.39, 0.29) is 41.0 Å². The highest BCUT2D eigenvalue weighted by Crippen LogP contribution is 2.47. The van der Waals surface area contributed by atoms with Crippen molar-refractivity contribution in [3.8, 4) is 5.88 Å². The number of benzene rings is 1. The van der Waals surface area contributed by atoms with E-state index in [1.54, 1.807) is 18.5 Å². The van der Waals surface area contributed by atoms with Gasteiger partial charge in [-0.3, -0.25) is 4.40 Å². The van der Waals surface area contributed by atoms with Gasteiger partial charge in [-0.25, -0.2) is 22.2 Å². The van der Waals surface area contributed by atoms with Gasteiger partial charge < -0.3 is 4.74 Å². The standard InChI is InChI=1S/C31H35F2N5O3S/c1-18-13-24-29(34-15-18)41-31(10-11-31)17-37(42(24,39)40)16-22-14-21(8-7-19(22)2)25(30(4,5)6)23-9-12-38-27(20(23)3)35-36-28(38)26(32)33/h7-9,12-15,25-26H,10-11,16-17H2,1-6H3/t25-/m1/s1. The lowest BCUT2D eigenvalue weighted by atomic mass is 9.71. The van der Waals surface area contributed by atoms with Gasteiger partial charge in [-0.2, -0.15) is 4.31 Å². The summed E-state index contributed by atoms with van der Waals surface area (Å²) >= 11 is 0. The Kier molecular flexibility index (Phi) is 6.69. The summed E-state index contributed by atoms with van der Waals surface area (Å²) in [6, 6.07) is 9.68. The van der Waals surface area contributed by atoms with Gasteiger partial charge in [0.05, 0.1) is 6.54 Å². The van der Waals surface area contributed by atoms with Gasteiger partial charge >= 0.3 is 0 Å². The lowest BCUT2D eigenvalue weighted by Gasteiger charge is -2.33. The third-order valence-corrected chi connectivity index (χ3v) is 10.3. The Bertz CT molecular complexity index is 1810. The molecule has 4 aromatic rings. The van der Waals surface area contributed by atoms with Gasteiger partial charge in [0.2, 0.25) is 21.7 Å². The Hall–Kier alpha value is -3.44. The topological polar surface area (TPSA) is 89.7 Å². The van der Waals surface area contributed by atoms with Crippen LogP contribution in [0.1, 0.15) is 85.2 Å². The van der Waals surface area contributed by atoms with Crippen molar-refractivity contribution in [3.05, 3.63) is 81.9 Å². The van der Waals surface area contributed by atoms with Crippen LogP contribution in [0.3, 0.4) is 0 Å². The molecule has 0 saturated heterocycles. The van der Waals surface area contributed by atoms with Crippen LogP contribution >= 0.6 is 0 Å². The van der Waals surface area contributed by atoms with Crippen LogP contribution in [0.2, 0.25) is 0 Å². The van der Waals surface area contributed by atoms with Gasteiger partial charge in [-0.15, -0.1) is 10.2 Å². The van der Waals surface area contributed by atoms with Crippen molar-refractivity contribution < 1.29 is 21.9 Å². The molecule has 11 heteroatoms. The van der Waals surface area contributed by atoms with Crippen LogP contribution in [-0.4, -0.2) is 44.5 Å². The number of alkyl halides is 2. The Morgan fingerprint density at radius 2 is 1.81 bits per heavy atom. The molecule has 0 unspecified atom stereocenters. The first-order chi connectivity index (χ1) is 19.7. The lowest BCUT2D eigenvalue weighted by Crippen LogP contribution is -2.38. The number of hydrogen-bond acceptors (Lipinski definition) is 6. The molecule has 222 valence electrons. The van der Waals surface area contributed by atoms with Crippen LogP contribution in [-0.2, 0) is 16.6 Å². The van der Waals surface area contributed by atoms with Gasteiger partial charge in [0.1, 0.15) is 10.5 Å². The number of fused-ring (bicyclic) bond motifs is 2. The SMILES string of the molecule is Cc1cnc2c(c1)S(=O)(=O)N(Cc1cc([C@H](c3ccn4c(C(F)F)nnc4c3C)C(C)(C)C)ccc1C)CC1(CC1)O2. The van der Waals surface area contributed by atoms with Crippen molar-refractivity contribution in [3.63, 3.8) is 0 Å². The zero-order valence-corrected chi connectivity index (χ0v) is 25.5. The average molecular weight is 596 g/mol. The van der Waals surface area contributed by atoms with Crippen molar-refractivity contribution in [1.82, 2.24) is 23.9 Å². The molecule has 0 radical (unpaired) electrons. The summed E-state index contributed by atoms with van der Waals surface area (Å²) in [5.41, 5.74) is 4.95. The number of sulfonamides is 1. The summed E-state index contributed by atoms with van der Waals surface area (Å²) in [6.07, 6.45) is 2.06.